The van der Waals surface area contributed by atoms with E-state index in [1.54, 1.807) is 18.2 Å². The zero-order valence-electron chi connectivity index (χ0n) is 13.7. The first-order valence-electron chi connectivity index (χ1n) is 7.81. The van der Waals surface area contributed by atoms with E-state index in [0.29, 0.717) is 23.8 Å². The van der Waals surface area contributed by atoms with E-state index >= 15 is 0 Å². The van der Waals surface area contributed by atoms with Gasteiger partial charge in [0.2, 0.25) is 0 Å². The van der Waals surface area contributed by atoms with Crippen molar-refractivity contribution in [3.63, 3.8) is 0 Å². The zero-order valence-corrected chi connectivity index (χ0v) is 13.7. The highest BCUT2D eigenvalue weighted by atomic mass is 16.5. The lowest BCUT2D eigenvalue weighted by Gasteiger charge is -2.23. The van der Waals surface area contributed by atoms with Crippen molar-refractivity contribution < 1.29 is 9.53 Å². The predicted molar refractivity (Wildman–Crippen MR) is 93.6 cm³/mol. The Hall–Kier alpha value is -2.55. The van der Waals surface area contributed by atoms with Crippen LogP contribution in [-0.2, 0) is 0 Å². The fourth-order valence-corrected chi connectivity index (χ4v) is 2.40. The molecule has 0 fully saturated rings. The molecule has 0 aliphatic rings. The Morgan fingerprint density at radius 3 is 2.57 bits per heavy atom. The van der Waals surface area contributed by atoms with Crippen molar-refractivity contribution >= 4 is 5.91 Å². The highest BCUT2D eigenvalue weighted by molar-refractivity contribution is 5.94. The van der Waals surface area contributed by atoms with Crippen LogP contribution in [0.4, 0.5) is 0 Å². The van der Waals surface area contributed by atoms with Crippen LogP contribution in [-0.4, -0.2) is 12.5 Å². The summed E-state index contributed by atoms with van der Waals surface area (Å²) in [6.45, 7) is 8.24. The summed E-state index contributed by atoms with van der Waals surface area (Å²) in [5.74, 6) is 0.858. The molecule has 0 aliphatic heterocycles. The van der Waals surface area contributed by atoms with E-state index < -0.39 is 0 Å². The summed E-state index contributed by atoms with van der Waals surface area (Å²) in [7, 11) is 0. The largest absolute Gasteiger partial charge is 0.490 e. The van der Waals surface area contributed by atoms with Crippen LogP contribution in [0.25, 0.3) is 0 Å². The number of benzene rings is 2. The molecule has 1 atom stereocenters. The summed E-state index contributed by atoms with van der Waals surface area (Å²) in [5.41, 5.74) is 1.70. The van der Waals surface area contributed by atoms with E-state index in [0.717, 1.165) is 5.56 Å². The molecule has 1 N–H and O–H groups in total. The Morgan fingerprint density at radius 2 is 1.91 bits per heavy atom. The van der Waals surface area contributed by atoms with Gasteiger partial charge >= 0.3 is 0 Å². The van der Waals surface area contributed by atoms with Gasteiger partial charge in [0.05, 0.1) is 6.04 Å². The molecule has 0 aliphatic carbocycles. The molecular weight excluding hydrogens is 286 g/mol. The summed E-state index contributed by atoms with van der Waals surface area (Å²) < 4.78 is 5.48. The van der Waals surface area contributed by atoms with Crippen LogP contribution in [0.2, 0.25) is 0 Å². The molecule has 2 aromatic rings. The molecule has 0 radical (unpaired) electrons. The zero-order chi connectivity index (χ0) is 16.7. The van der Waals surface area contributed by atoms with Crippen LogP contribution >= 0.6 is 0 Å². The second-order valence-electron chi connectivity index (χ2n) is 5.73. The Bertz CT molecular complexity index is 650. The molecule has 0 aromatic heterocycles. The molecule has 0 saturated carbocycles. The maximum absolute atomic E-state index is 12.6. The van der Waals surface area contributed by atoms with Gasteiger partial charge in [-0.15, -0.1) is 0 Å². The third-order valence-electron chi connectivity index (χ3n) is 3.58. The molecule has 120 valence electrons. The molecule has 2 rings (SSSR count). The van der Waals surface area contributed by atoms with Crippen molar-refractivity contribution in [2.75, 3.05) is 6.61 Å². The molecular formula is C20H23NO2. The van der Waals surface area contributed by atoms with E-state index in [4.69, 9.17) is 4.74 Å². The Labute approximate surface area is 138 Å². The molecule has 3 nitrogen and oxygen atoms in total. The minimum Gasteiger partial charge on any atom is -0.490 e. The number of carbonyl (C=O) groups excluding carboxylic acids is 1. The van der Waals surface area contributed by atoms with Crippen molar-refractivity contribution in [3.05, 3.63) is 78.4 Å². The second-order valence-corrected chi connectivity index (χ2v) is 5.73. The number of carbonyl (C=O) groups is 1. The third-order valence-corrected chi connectivity index (χ3v) is 3.58. The van der Waals surface area contributed by atoms with Gasteiger partial charge in [-0.05, 0) is 29.7 Å². The molecule has 1 amide bonds. The predicted octanol–water partition coefficient (Wildman–Crippen LogP) is 4.38. The molecule has 0 unspecified atom stereocenters. The number of amides is 1. The van der Waals surface area contributed by atoms with Crippen LogP contribution in [0.5, 0.6) is 5.75 Å². The maximum atomic E-state index is 12.6. The second kappa shape index (κ2) is 8.18. The summed E-state index contributed by atoms with van der Waals surface area (Å²) in [5, 5.41) is 3.12. The average molecular weight is 309 g/mol. The summed E-state index contributed by atoms with van der Waals surface area (Å²) >= 11 is 0. The third kappa shape index (κ3) is 4.71. The lowest BCUT2D eigenvalue weighted by Crippen LogP contribution is -2.31. The Balaban J connectivity index is 2.14. The number of hydrogen-bond donors (Lipinski definition) is 1. The lowest BCUT2D eigenvalue weighted by molar-refractivity contribution is 0.0925. The lowest BCUT2D eigenvalue weighted by atomic mass is 9.95. The molecule has 0 saturated heterocycles. The minimum absolute atomic E-state index is 0.0264. The van der Waals surface area contributed by atoms with Crippen LogP contribution in [0.15, 0.2) is 67.3 Å². The number of nitrogens with one attached hydrogen (secondary N) is 1. The minimum atomic E-state index is -0.100. The normalized spacial score (nSPS) is 11.8. The molecule has 0 bridgehead atoms. The van der Waals surface area contributed by atoms with Crippen LogP contribution in [0.1, 0.15) is 35.8 Å². The van der Waals surface area contributed by atoms with Crippen molar-refractivity contribution in [3.8, 4) is 5.75 Å². The Kier molecular flexibility index (Phi) is 5.98. The Morgan fingerprint density at radius 1 is 1.17 bits per heavy atom. The van der Waals surface area contributed by atoms with E-state index in [1.807, 2.05) is 42.5 Å². The quantitative estimate of drug-likeness (QED) is 0.771. The van der Waals surface area contributed by atoms with Gasteiger partial charge in [0.15, 0.2) is 0 Å². The number of rotatable bonds is 7. The summed E-state index contributed by atoms with van der Waals surface area (Å²) in [4.78, 5) is 12.6. The average Bonchev–Trinajstić information content (AvgIpc) is 2.58. The standard InChI is InChI=1S/C20H23NO2/c1-4-13-23-18-12-8-11-17(14-18)20(22)21-19(15(2)3)16-9-6-5-7-10-16/h4-12,14-15,19H,1,13H2,2-3H3,(H,21,22)/t19-/m1/s1. The van der Waals surface area contributed by atoms with E-state index in [9.17, 15) is 4.79 Å². The molecule has 23 heavy (non-hydrogen) atoms. The first-order valence-corrected chi connectivity index (χ1v) is 7.81. The van der Waals surface area contributed by atoms with Gasteiger partial charge in [-0.2, -0.15) is 0 Å². The summed E-state index contributed by atoms with van der Waals surface area (Å²) in [6, 6.07) is 17.2. The van der Waals surface area contributed by atoms with E-state index in [2.05, 4.69) is 25.7 Å². The van der Waals surface area contributed by atoms with Gasteiger partial charge < -0.3 is 10.1 Å². The van der Waals surface area contributed by atoms with Crippen molar-refractivity contribution in [2.24, 2.45) is 5.92 Å². The topological polar surface area (TPSA) is 38.3 Å². The van der Waals surface area contributed by atoms with Crippen LogP contribution in [0.3, 0.4) is 0 Å². The molecule has 0 spiro atoms. The highest BCUT2D eigenvalue weighted by Crippen LogP contribution is 2.22. The smallest absolute Gasteiger partial charge is 0.251 e. The fraction of sp³-hybridized carbons (Fsp3) is 0.250. The fourth-order valence-electron chi connectivity index (χ4n) is 2.40. The molecule has 2 aromatic carbocycles. The SMILES string of the molecule is C=CCOc1cccc(C(=O)N[C@@H](c2ccccc2)C(C)C)c1. The monoisotopic (exact) mass is 309 g/mol. The van der Waals surface area contributed by atoms with Gasteiger partial charge in [-0.3, -0.25) is 4.79 Å². The van der Waals surface area contributed by atoms with Gasteiger partial charge in [0.25, 0.3) is 5.91 Å². The van der Waals surface area contributed by atoms with Gasteiger partial charge in [-0.1, -0.05) is 62.9 Å². The summed E-state index contributed by atoms with van der Waals surface area (Å²) in [6.07, 6.45) is 1.68. The van der Waals surface area contributed by atoms with Gasteiger partial charge in [0.1, 0.15) is 12.4 Å². The first kappa shape index (κ1) is 16.8. The van der Waals surface area contributed by atoms with Gasteiger partial charge in [0, 0.05) is 5.56 Å². The first-order chi connectivity index (χ1) is 11.1. The van der Waals surface area contributed by atoms with Crippen molar-refractivity contribution in [1.29, 1.82) is 0 Å². The van der Waals surface area contributed by atoms with Crippen molar-refractivity contribution in [2.45, 2.75) is 19.9 Å². The highest BCUT2D eigenvalue weighted by Gasteiger charge is 2.19. The number of hydrogen-bond acceptors (Lipinski definition) is 2. The van der Waals surface area contributed by atoms with E-state index in [-0.39, 0.29) is 11.9 Å². The van der Waals surface area contributed by atoms with Crippen LogP contribution in [0, 0.1) is 5.92 Å². The van der Waals surface area contributed by atoms with Crippen molar-refractivity contribution in [1.82, 2.24) is 5.32 Å². The molecule has 0 heterocycles. The van der Waals surface area contributed by atoms with E-state index in [1.165, 1.54) is 0 Å². The van der Waals surface area contributed by atoms with Crippen LogP contribution < -0.4 is 10.1 Å². The van der Waals surface area contributed by atoms with Gasteiger partial charge in [-0.25, -0.2) is 0 Å². The molecule has 3 heteroatoms. The number of ether oxygens (including phenoxy) is 1. The maximum Gasteiger partial charge on any atom is 0.251 e.